The fourth-order valence-corrected chi connectivity index (χ4v) is 3.99. The molecule has 1 fully saturated rings. The van der Waals surface area contributed by atoms with Crippen LogP contribution >= 0.6 is 0 Å². The van der Waals surface area contributed by atoms with E-state index in [1.54, 1.807) is 48.5 Å². The van der Waals surface area contributed by atoms with Crippen LogP contribution in [-0.4, -0.2) is 28.9 Å². The van der Waals surface area contributed by atoms with Gasteiger partial charge in [0.05, 0.1) is 10.5 Å². The lowest BCUT2D eigenvalue weighted by atomic mass is 10.1. The highest BCUT2D eigenvalue weighted by molar-refractivity contribution is 6.05. The number of aromatic nitrogens is 1. The van der Waals surface area contributed by atoms with Crippen molar-refractivity contribution in [3.8, 4) is 11.5 Å². The molecule has 1 saturated heterocycles. The Kier molecular flexibility index (Phi) is 5.21. The van der Waals surface area contributed by atoms with Crippen LogP contribution < -0.4 is 10.2 Å². The number of anilines is 2. The smallest absolute Gasteiger partial charge is 0.293 e. The fraction of sp³-hybridized carbons (Fsp3) is 0.167. The summed E-state index contributed by atoms with van der Waals surface area (Å²) >= 11 is 0. The molecule has 0 saturated carbocycles. The highest BCUT2D eigenvalue weighted by Crippen LogP contribution is 2.32. The minimum Gasteiger partial charge on any atom is -0.436 e. The first-order chi connectivity index (χ1) is 16.0. The van der Waals surface area contributed by atoms with Gasteiger partial charge in [0, 0.05) is 30.4 Å². The maximum Gasteiger partial charge on any atom is 0.293 e. The number of amides is 1. The molecule has 166 valence electrons. The van der Waals surface area contributed by atoms with Crippen LogP contribution in [0.4, 0.5) is 21.5 Å². The average Bonchev–Trinajstić information content (AvgIpc) is 3.49. The molecule has 0 aliphatic carbocycles. The quantitative estimate of drug-likeness (QED) is 0.326. The van der Waals surface area contributed by atoms with Gasteiger partial charge in [-0.1, -0.05) is 12.1 Å². The molecule has 1 aliphatic rings. The standard InChI is InChI=1S/C24H19FN4O4/c25-18-6-2-1-5-17(18)24-27-19-14-16(8-10-22(19)33-24)26-23(30)15-7-9-20(21(13-15)29(31)32)28-11-3-4-12-28/h1-2,5-10,13-14H,3-4,11-12H2,(H,26,30). The highest BCUT2D eigenvalue weighted by atomic mass is 19.1. The lowest BCUT2D eigenvalue weighted by molar-refractivity contribution is -0.384. The van der Waals surface area contributed by atoms with E-state index < -0.39 is 16.6 Å². The van der Waals surface area contributed by atoms with E-state index in [1.807, 2.05) is 4.90 Å². The van der Waals surface area contributed by atoms with Crippen molar-refractivity contribution < 1.29 is 18.5 Å². The van der Waals surface area contributed by atoms with E-state index in [-0.39, 0.29) is 22.7 Å². The predicted molar refractivity (Wildman–Crippen MR) is 122 cm³/mol. The summed E-state index contributed by atoms with van der Waals surface area (Å²) in [6.07, 6.45) is 1.98. The molecular formula is C24H19FN4O4. The monoisotopic (exact) mass is 446 g/mol. The minimum atomic E-state index is -0.483. The number of halogens is 1. The molecule has 3 aromatic carbocycles. The van der Waals surface area contributed by atoms with Crippen LogP contribution in [0.3, 0.4) is 0 Å². The maximum absolute atomic E-state index is 14.1. The number of nitrogens with zero attached hydrogens (tertiary/aromatic N) is 3. The second kappa shape index (κ2) is 8.34. The summed E-state index contributed by atoms with van der Waals surface area (Å²) in [4.78, 5) is 30.2. The number of hydrogen-bond acceptors (Lipinski definition) is 6. The lowest BCUT2D eigenvalue weighted by Crippen LogP contribution is -2.19. The van der Waals surface area contributed by atoms with Gasteiger partial charge in [0.15, 0.2) is 5.58 Å². The fourth-order valence-electron chi connectivity index (χ4n) is 3.99. The summed E-state index contributed by atoms with van der Waals surface area (Å²) in [7, 11) is 0. The van der Waals surface area contributed by atoms with E-state index in [4.69, 9.17) is 4.42 Å². The first-order valence-electron chi connectivity index (χ1n) is 10.5. The molecule has 0 atom stereocenters. The number of oxazole rings is 1. The summed E-state index contributed by atoms with van der Waals surface area (Å²) < 4.78 is 19.7. The molecule has 1 N–H and O–H groups in total. The van der Waals surface area contributed by atoms with E-state index in [2.05, 4.69) is 10.3 Å². The van der Waals surface area contributed by atoms with Crippen molar-refractivity contribution >= 4 is 34.1 Å². The molecule has 0 bridgehead atoms. The Morgan fingerprint density at radius 2 is 1.88 bits per heavy atom. The van der Waals surface area contributed by atoms with Crippen LogP contribution in [0.15, 0.2) is 65.1 Å². The van der Waals surface area contributed by atoms with Crippen LogP contribution in [-0.2, 0) is 0 Å². The van der Waals surface area contributed by atoms with E-state index in [0.717, 1.165) is 25.9 Å². The van der Waals surface area contributed by atoms with E-state index in [1.165, 1.54) is 12.1 Å². The number of carbonyl (C=O) groups excluding carboxylic acids is 1. The predicted octanol–water partition coefficient (Wildman–Crippen LogP) is 5.39. The van der Waals surface area contributed by atoms with Gasteiger partial charge in [-0.2, -0.15) is 0 Å². The summed E-state index contributed by atoms with van der Waals surface area (Å²) in [5, 5.41) is 14.3. The van der Waals surface area contributed by atoms with Gasteiger partial charge in [0.25, 0.3) is 11.6 Å². The summed E-state index contributed by atoms with van der Waals surface area (Å²) in [6, 6.07) is 15.5. The molecule has 0 unspecified atom stereocenters. The normalized spacial score (nSPS) is 13.4. The highest BCUT2D eigenvalue weighted by Gasteiger charge is 2.24. The molecule has 0 spiro atoms. The van der Waals surface area contributed by atoms with Crippen LogP contribution in [0, 0.1) is 15.9 Å². The third kappa shape index (κ3) is 4.00. The van der Waals surface area contributed by atoms with Gasteiger partial charge in [0.2, 0.25) is 5.89 Å². The van der Waals surface area contributed by atoms with Crippen molar-refractivity contribution in [2.24, 2.45) is 0 Å². The lowest BCUT2D eigenvalue weighted by Gasteiger charge is -2.17. The van der Waals surface area contributed by atoms with Gasteiger partial charge >= 0.3 is 0 Å². The van der Waals surface area contributed by atoms with E-state index >= 15 is 0 Å². The number of carbonyl (C=O) groups is 1. The van der Waals surface area contributed by atoms with Gasteiger partial charge in [-0.05, 0) is 55.3 Å². The van der Waals surface area contributed by atoms with Crippen molar-refractivity contribution in [3.05, 3.63) is 82.2 Å². The number of rotatable bonds is 5. The van der Waals surface area contributed by atoms with Crippen molar-refractivity contribution in [2.45, 2.75) is 12.8 Å². The Morgan fingerprint density at radius 3 is 2.64 bits per heavy atom. The Labute approximate surface area is 187 Å². The second-order valence-corrected chi connectivity index (χ2v) is 7.79. The number of fused-ring (bicyclic) bond motifs is 1. The van der Waals surface area contributed by atoms with Crippen molar-refractivity contribution in [3.63, 3.8) is 0 Å². The number of nitrogens with one attached hydrogen (secondary N) is 1. The van der Waals surface area contributed by atoms with Crippen LogP contribution in [0.1, 0.15) is 23.2 Å². The topological polar surface area (TPSA) is 102 Å². The van der Waals surface area contributed by atoms with Gasteiger partial charge in [0.1, 0.15) is 17.0 Å². The zero-order valence-corrected chi connectivity index (χ0v) is 17.5. The third-order valence-electron chi connectivity index (χ3n) is 5.63. The SMILES string of the molecule is O=C(Nc1ccc2oc(-c3ccccc3F)nc2c1)c1ccc(N2CCCC2)c([N+](=O)[O-])c1. The van der Waals surface area contributed by atoms with Crippen LogP contribution in [0.25, 0.3) is 22.6 Å². The molecule has 1 aliphatic heterocycles. The molecule has 2 heterocycles. The Balaban J connectivity index is 1.40. The summed E-state index contributed by atoms with van der Waals surface area (Å²) in [6.45, 7) is 1.53. The van der Waals surface area contributed by atoms with Crippen molar-refractivity contribution in [1.29, 1.82) is 0 Å². The Hall–Kier alpha value is -4.27. The third-order valence-corrected chi connectivity index (χ3v) is 5.63. The Bertz CT molecular complexity index is 1380. The van der Waals surface area contributed by atoms with Gasteiger partial charge in [-0.3, -0.25) is 14.9 Å². The number of benzene rings is 3. The molecule has 1 amide bonds. The summed E-state index contributed by atoms with van der Waals surface area (Å²) in [5.74, 6) is -0.792. The van der Waals surface area contributed by atoms with E-state index in [0.29, 0.717) is 22.5 Å². The number of nitro groups is 1. The van der Waals surface area contributed by atoms with Crippen LogP contribution in [0.5, 0.6) is 0 Å². The molecule has 8 nitrogen and oxygen atoms in total. The molecule has 4 aromatic rings. The minimum absolute atomic E-state index is 0.0916. The molecular weight excluding hydrogens is 427 g/mol. The van der Waals surface area contributed by atoms with Gasteiger partial charge in [-0.25, -0.2) is 9.37 Å². The van der Waals surface area contributed by atoms with Gasteiger partial charge in [-0.15, -0.1) is 0 Å². The van der Waals surface area contributed by atoms with Crippen molar-refractivity contribution in [2.75, 3.05) is 23.3 Å². The average molecular weight is 446 g/mol. The molecule has 1 aromatic heterocycles. The van der Waals surface area contributed by atoms with Crippen molar-refractivity contribution in [1.82, 2.24) is 4.98 Å². The maximum atomic E-state index is 14.1. The van der Waals surface area contributed by atoms with Crippen LogP contribution in [0.2, 0.25) is 0 Å². The second-order valence-electron chi connectivity index (χ2n) is 7.79. The molecule has 5 rings (SSSR count). The zero-order chi connectivity index (χ0) is 22.9. The molecule has 9 heteroatoms. The first kappa shape index (κ1) is 20.6. The Morgan fingerprint density at radius 1 is 1.09 bits per heavy atom. The molecule has 33 heavy (non-hydrogen) atoms. The largest absolute Gasteiger partial charge is 0.436 e. The first-order valence-corrected chi connectivity index (χ1v) is 10.5. The van der Waals surface area contributed by atoms with Gasteiger partial charge < -0.3 is 14.6 Å². The number of nitro benzene ring substituents is 1. The molecule has 0 radical (unpaired) electrons. The summed E-state index contributed by atoms with van der Waals surface area (Å²) in [5.41, 5.74) is 2.18. The zero-order valence-electron chi connectivity index (χ0n) is 17.5. The van der Waals surface area contributed by atoms with E-state index in [9.17, 15) is 19.3 Å². The number of hydrogen-bond donors (Lipinski definition) is 1.